The van der Waals surface area contributed by atoms with Crippen molar-refractivity contribution in [1.82, 2.24) is 0 Å². The van der Waals surface area contributed by atoms with E-state index in [4.69, 9.17) is 11.6 Å². The summed E-state index contributed by atoms with van der Waals surface area (Å²) in [6, 6.07) is 9.68. The van der Waals surface area contributed by atoms with Crippen molar-refractivity contribution in [3.05, 3.63) is 51.2 Å². The average Bonchev–Trinajstić information content (AvgIpc) is 2.77. The van der Waals surface area contributed by atoms with E-state index in [1.54, 1.807) is 0 Å². The quantitative estimate of drug-likeness (QED) is 0.783. The molecule has 0 aliphatic heterocycles. The minimum atomic E-state index is 0.745. The second-order valence-corrected chi connectivity index (χ2v) is 5.19. The summed E-state index contributed by atoms with van der Waals surface area (Å²) in [7, 11) is 2.00. The van der Waals surface area contributed by atoms with E-state index >= 15 is 0 Å². The number of carbonyl (C=O) groups excluding carboxylic acids is 1. The fourth-order valence-corrected chi connectivity index (χ4v) is 2.57. The molecule has 2 aromatic rings. The molecule has 0 radical (unpaired) electrons. The number of benzene rings is 1. The number of hydrogen-bond donors (Lipinski definition) is 0. The molecule has 1 aromatic carbocycles. The number of rotatable bonds is 4. The van der Waals surface area contributed by atoms with Crippen LogP contribution >= 0.6 is 22.9 Å². The first kappa shape index (κ1) is 12.1. The van der Waals surface area contributed by atoms with Crippen molar-refractivity contribution in [2.75, 3.05) is 11.9 Å². The highest BCUT2D eigenvalue weighted by Gasteiger charge is 2.05. The molecule has 0 aliphatic carbocycles. The van der Waals surface area contributed by atoms with E-state index in [1.165, 1.54) is 11.3 Å². The Morgan fingerprint density at radius 2 is 2.24 bits per heavy atom. The average molecular weight is 266 g/mol. The van der Waals surface area contributed by atoms with Crippen molar-refractivity contribution >= 4 is 34.9 Å². The minimum Gasteiger partial charge on any atom is -0.370 e. The van der Waals surface area contributed by atoms with Gasteiger partial charge in [-0.3, -0.25) is 4.79 Å². The van der Waals surface area contributed by atoms with Gasteiger partial charge < -0.3 is 4.90 Å². The molecule has 0 saturated heterocycles. The molecule has 0 saturated carbocycles. The van der Waals surface area contributed by atoms with Gasteiger partial charge in [-0.15, -0.1) is 11.3 Å². The first-order valence-corrected chi connectivity index (χ1v) is 6.44. The van der Waals surface area contributed by atoms with Crippen LogP contribution in [-0.4, -0.2) is 13.3 Å². The zero-order valence-corrected chi connectivity index (χ0v) is 11.0. The number of thiophene rings is 1. The Bertz CT molecular complexity index is 524. The molecular weight excluding hydrogens is 254 g/mol. The van der Waals surface area contributed by atoms with Gasteiger partial charge in [-0.2, -0.15) is 0 Å². The number of carbonyl (C=O) groups is 1. The number of halogens is 1. The number of hydrogen-bond acceptors (Lipinski definition) is 3. The molecule has 0 atom stereocenters. The molecule has 2 nitrogen and oxygen atoms in total. The van der Waals surface area contributed by atoms with E-state index < -0.39 is 0 Å². The smallest absolute Gasteiger partial charge is 0.160 e. The van der Waals surface area contributed by atoms with Crippen LogP contribution in [0.3, 0.4) is 0 Å². The third-order valence-corrected chi connectivity index (χ3v) is 3.55. The van der Waals surface area contributed by atoms with Gasteiger partial charge in [-0.1, -0.05) is 23.7 Å². The van der Waals surface area contributed by atoms with Crippen LogP contribution < -0.4 is 4.90 Å². The molecule has 0 bridgehead atoms. The summed E-state index contributed by atoms with van der Waals surface area (Å²) in [5.74, 6) is 0. The Labute approximate surface area is 109 Å². The Morgan fingerprint density at radius 1 is 1.41 bits per heavy atom. The van der Waals surface area contributed by atoms with Crippen molar-refractivity contribution in [3.63, 3.8) is 0 Å². The predicted octanol–water partition coefficient (Wildman–Crippen LogP) is 3.85. The van der Waals surface area contributed by atoms with Gasteiger partial charge >= 0.3 is 0 Å². The molecule has 0 aliphatic rings. The van der Waals surface area contributed by atoms with Crippen molar-refractivity contribution < 1.29 is 4.79 Å². The predicted molar refractivity (Wildman–Crippen MR) is 73.3 cm³/mol. The highest BCUT2D eigenvalue weighted by Crippen LogP contribution is 2.23. The Kier molecular flexibility index (Phi) is 3.82. The summed E-state index contributed by atoms with van der Waals surface area (Å²) in [6.07, 6.45) is 0.876. The SMILES string of the molecule is CN(Cc1cccc(Cl)c1)c1csc(C=O)c1. The Morgan fingerprint density at radius 3 is 2.88 bits per heavy atom. The van der Waals surface area contributed by atoms with Gasteiger partial charge in [0.05, 0.1) is 4.88 Å². The second-order valence-electron chi connectivity index (χ2n) is 3.81. The monoisotopic (exact) mass is 265 g/mol. The van der Waals surface area contributed by atoms with Crippen LogP contribution in [0.4, 0.5) is 5.69 Å². The van der Waals surface area contributed by atoms with Crippen LogP contribution in [0.1, 0.15) is 15.2 Å². The fraction of sp³-hybridized carbons (Fsp3) is 0.154. The lowest BCUT2D eigenvalue weighted by Gasteiger charge is -2.17. The highest BCUT2D eigenvalue weighted by molar-refractivity contribution is 7.12. The first-order valence-electron chi connectivity index (χ1n) is 5.18. The van der Waals surface area contributed by atoms with Crippen LogP contribution in [-0.2, 0) is 6.54 Å². The Hall–Kier alpha value is -1.32. The van der Waals surface area contributed by atoms with Crippen LogP contribution in [0.2, 0.25) is 5.02 Å². The summed E-state index contributed by atoms with van der Waals surface area (Å²) in [5.41, 5.74) is 2.20. The maximum Gasteiger partial charge on any atom is 0.160 e. The van der Waals surface area contributed by atoms with Gasteiger partial charge in [0, 0.05) is 29.7 Å². The van der Waals surface area contributed by atoms with Crippen molar-refractivity contribution in [1.29, 1.82) is 0 Å². The maximum atomic E-state index is 10.6. The van der Waals surface area contributed by atoms with Gasteiger partial charge in [0.25, 0.3) is 0 Å². The molecule has 0 spiro atoms. The summed E-state index contributed by atoms with van der Waals surface area (Å²) >= 11 is 7.39. The molecule has 88 valence electrons. The third-order valence-electron chi connectivity index (χ3n) is 2.47. The standard InChI is InChI=1S/C13H12ClNOS/c1-15(12-6-13(8-16)17-9-12)7-10-3-2-4-11(14)5-10/h2-6,8-9H,7H2,1H3. The summed E-state index contributed by atoms with van der Waals surface area (Å²) in [6.45, 7) is 0.773. The molecule has 0 N–H and O–H groups in total. The second kappa shape index (κ2) is 5.34. The topological polar surface area (TPSA) is 20.3 Å². The number of nitrogens with zero attached hydrogens (tertiary/aromatic N) is 1. The lowest BCUT2D eigenvalue weighted by atomic mass is 10.2. The normalized spacial score (nSPS) is 10.2. The molecule has 0 fully saturated rings. The fourth-order valence-electron chi connectivity index (χ4n) is 1.60. The van der Waals surface area contributed by atoms with Crippen LogP contribution in [0, 0.1) is 0 Å². The van der Waals surface area contributed by atoms with Crippen molar-refractivity contribution in [2.45, 2.75) is 6.54 Å². The van der Waals surface area contributed by atoms with Gasteiger partial charge in [0.2, 0.25) is 0 Å². The minimum absolute atomic E-state index is 0.745. The Balaban J connectivity index is 2.10. The van der Waals surface area contributed by atoms with Gasteiger partial charge in [0.1, 0.15) is 0 Å². The zero-order valence-electron chi connectivity index (χ0n) is 9.39. The summed E-state index contributed by atoms with van der Waals surface area (Å²) < 4.78 is 0. The van der Waals surface area contributed by atoms with E-state index in [2.05, 4.69) is 4.90 Å². The van der Waals surface area contributed by atoms with Gasteiger partial charge in [-0.25, -0.2) is 0 Å². The van der Waals surface area contributed by atoms with Crippen LogP contribution in [0.15, 0.2) is 35.7 Å². The van der Waals surface area contributed by atoms with E-state index in [1.807, 2.05) is 42.8 Å². The molecular formula is C13H12ClNOS. The maximum absolute atomic E-state index is 10.6. The van der Waals surface area contributed by atoms with E-state index in [0.717, 1.165) is 34.0 Å². The van der Waals surface area contributed by atoms with Crippen molar-refractivity contribution in [2.24, 2.45) is 0 Å². The summed E-state index contributed by atoms with van der Waals surface area (Å²) in [4.78, 5) is 13.5. The number of anilines is 1. The van der Waals surface area contributed by atoms with Crippen LogP contribution in [0.25, 0.3) is 0 Å². The van der Waals surface area contributed by atoms with E-state index in [0.29, 0.717) is 0 Å². The molecule has 4 heteroatoms. The third kappa shape index (κ3) is 3.08. The van der Waals surface area contributed by atoms with Crippen LogP contribution in [0.5, 0.6) is 0 Å². The van der Waals surface area contributed by atoms with Gasteiger partial charge in [-0.05, 0) is 23.8 Å². The van der Waals surface area contributed by atoms with Gasteiger partial charge in [0.15, 0.2) is 6.29 Å². The summed E-state index contributed by atoms with van der Waals surface area (Å²) in [5, 5.41) is 2.73. The molecule has 17 heavy (non-hydrogen) atoms. The molecule has 1 aromatic heterocycles. The first-order chi connectivity index (χ1) is 8.19. The molecule has 0 unspecified atom stereocenters. The molecule has 0 amide bonds. The molecule has 2 rings (SSSR count). The lowest BCUT2D eigenvalue weighted by Crippen LogP contribution is -2.15. The zero-order chi connectivity index (χ0) is 12.3. The van der Waals surface area contributed by atoms with E-state index in [-0.39, 0.29) is 0 Å². The van der Waals surface area contributed by atoms with E-state index in [9.17, 15) is 4.79 Å². The number of aldehydes is 1. The lowest BCUT2D eigenvalue weighted by molar-refractivity contribution is 0.112. The largest absolute Gasteiger partial charge is 0.370 e. The van der Waals surface area contributed by atoms with Crippen molar-refractivity contribution in [3.8, 4) is 0 Å². The molecule has 1 heterocycles. The highest BCUT2D eigenvalue weighted by atomic mass is 35.5.